The number of hydrogen-bond acceptors (Lipinski definition) is 6. The number of nitrogens with zero attached hydrogens (tertiary/aromatic N) is 4. The number of tetrazole rings is 1. The molecule has 9 nitrogen and oxygen atoms in total. The zero-order valence-corrected chi connectivity index (χ0v) is 16.9. The third-order valence-electron chi connectivity index (χ3n) is 5.40. The Balaban J connectivity index is 1.61. The fourth-order valence-corrected chi connectivity index (χ4v) is 3.72. The lowest BCUT2D eigenvalue weighted by atomic mass is 9.89. The van der Waals surface area contributed by atoms with E-state index in [1.165, 1.54) is 17.0 Å². The first-order chi connectivity index (χ1) is 15.4. The van der Waals surface area contributed by atoms with Gasteiger partial charge in [0.15, 0.2) is 0 Å². The lowest BCUT2D eigenvalue weighted by Crippen LogP contribution is -2.49. The van der Waals surface area contributed by atoms with Crippen LogP contribution in [0.5, 0.6) is 0 Å². The Morgan fingerprint density at radius 2 is 1.78 bits per heavy atom. The van der Waals surface area contributed by atoms with Crippen LogP contribution in [0.4, 0.5) is 14.7 Å². The van der Waals surface area contributed by atoms with Crippen LogP contribution in [0.3, 0.4) is 0 Å². The molecular weight excluding hydrogens is 420 g/mol. The number of aromatic amines is 1. The number of amides is 2. The summed E-state index contributed by atoms with van der Waals surface area (Å²) in [7, 11) is 0. The topological polar surface area (TPSA) is 130 Å². The summed E-state index contributed by atoms with van der Waals surface area (Å²) >= 11 is 0. The van der Waals surface area contributed by atoms with E-state index in [-0.39, 0.29) is 31.3 Å². The van der Waals surface area contributed by atoms with E-state index in [9.17, 15) is 18.4 Å². The van der Waals surface area contributed by atoms with Crippen molar-refractivity contribution >= 4 is 17.8 Å². The maximum atomic E-state index is 13.6. The van der Waals surface area contributed by atoms with Crippen molar-refractivity contribution in [2.24, 2.45) is 5.73 Å². The van der Waals surface area contributed by atoms with E-state index in [0.29, 0.717) is 5.56 Å². The Morgan fingerprint density at radius 1 is 1.12 bits per heavy atom. The Morgan fingerprint density at radius 3 is 2.34 bits per heavy atom. The van der Waals surface area contributed by atoms with Gasteiger partial charge in [-0.25, -0.2) is 8.78 Å². The molecule has 0 saturated carbocycles. The Labute approximate surface area is 182 Å². The molecule has 1 aliphatic heterocycles. The summed E-state index contributed by atoms with van der Waals surface area (Å²) in [5.41, 5.74) is 8.30. The summed E-state index contributed by atoms with van der Waals surface area (Å²) in [6.45, 7) is 0.200. The molecule has 4 N–H and O–H groups in total. The molecule has 166 valence electrons. The average molecular weight is 441 g/mol. The van der Waals surface area contributed by atoms with Crippen LogP contribution in [-0.4, -0.2) is 62.6 Å². The summed E-state index contributed by atoms with van der Waals surface area (Å²) < 4.78 is 26.8. The molecule has 2 aromatic carbocycles. The number of anilines is 1. The molecule has 0 radical (unpaired) electrons. The van der Waals surface area contributed by atoms with Crippen LogP contribution in [0.1, 0.15) is 17.9 Å². The zero-order chi connectivity index (χ0) is 22.7. The molecule has 1 saturated heterocycles. The van der Waals surface area contributed by atoms with Gasteiger partial charge >= 0.3 is 0 Å². The fraction of sp³-hybridized carbons (Fsp3) is 0.286. The third-order valence-corrected chi connectivity index (χ3v) is 5.40. The number of benzene rings is 2. The lowest BCUT2D eigenvalue weighted by Gasteiger charge is -2.26. The molecule has 2 heterocycles. The van der Waals surface area contributed by atoms with Crippen LogP contribution >= 0.6 is 0 Å². The van der Waals surface area contributed by atoms with Crippen molar-refractivity contribution in [3.63, 3.8) is 0 Å². The van der Waals surface area contributed by atoms with E-state index in [2.05, 4.69) is 25.9 Å². The average Bonchev–Trinajstić information content (AvgIpc) is 3.46. The van der Waals surface area contributed by atoms with E-state index < -0.39 is 29.9 Å². The molecule has 0 bridgehead atoms. The maximum Gasteiger partial charge on any atom is 0.269 e. The first kappa shape index (κ1) is 21.5. The molecule has 0 unspecified atom stereocenters. The third kappa shape index (κ3) is 4.62. The van der Waals surface area contributed by atoms with E-state index in [1.807, 2.05) is 0 Å². The molecule has 32 heavy (non-hydrogen) atoms. The van der Waals surface area contributed by atoms with Crippen LogP contribution in [-0.2, 0) is 9.59 Å². The second-order valence-electron chi connectivity index (χ2n) is 7.53. The first-order valence-corrected chi connectivity index (χ1v) is 10.0. The summed E-state index contributed by atoms with van der Waals surface area (Å²) in [6.07, 6.45) is -0.863. The highest BCUT2D eigenvalue weighted by Crippen LogP contribution is 2.27. The Bertz CT molecular complexity index is 1070. The molecule has 1 aliphatic rings. The van der Waals surface area contributed by atoms with Gasteiger partial charge < -0.3 is 10.6 Å². The summed E-state index contributed by atoms with van der Waals surface area (Å²) in [4.78, 5) is 27.3. The SMILES string of the molecule is N[C@H](C(=O)N1CC[C@H](F)C1)[C@@H](C(=O)Nc1nn[nH]n1)c1ccc(-c2ccc(F)cc2)cc1. The highest BCUT2D eigenvalue weighted by atomic mass is 19.1. The normalized spacial score (nSPS) is 17.7. The lowest BCUT2D eigenvalue weighted by molar-refractivity contribution is -0.134. The van der Waals surface area contributed by atoms with Gasteiger partial charge in [-0.15, -0.1) is 5.10 Å². The minimum atomic E-state index is -1.25. The number of alkyl halides is 1. The van der Waals surface area contributed by atoms with E-state index >= 15 is 0 Å². The predicted octanol–water partition coefficient (Wildman–Crippen LogP) is 1.63. The molecular formula is C21H21F2N7O2. The quantitative estimate of drug-likeness (QED) is 0.533. The highest BCUT2D eigenvalue weighted by molar-refractivity contribution is 5.99. The van der Waals surface area contributed by atoms with Crippen molar-refractivity contribution in [2.75, 3.05) is 18.4 Å². The number of H-pyrrole nitrogens is 1. The van der Waals surface area contributed by atoms with Gasteiger partial charge in [-0.05, 0) is 40.5 Å². The second kappa shape index (κ2) is 9.18. The first-order valence-electron chi connectivity index (χ1n) is 10.0. The number of nitrogens with two attached hydrogens (primary N) is 1. The minimum Gasteiger partial charge on any atom is -0.338 e. The van der Waals surface area contributed by atoms with E-state index in [1.54, 1.807) is 36.4 Å². The standard InChI is InChI=1S/C21H21F2N7O2/c22-15-7-5-13(6-8-15)12-1-3-14(4-2-12)17(19(31)25-21-26-28-29-27-21)18(24)20(32)30-10-9-16(23)11-30/h1-8,16-18H,9-11,24H2,(H2,25,26,27,28,29,31)/t16-,17-,18-/m0/s1. The van der Waals surface area contributed by atoms with Crippen molar-refractivity contribution in [3.05, 3.63) is 59.9 Å². The zero-order valence-electron chi connectivity index (χ0n) is 16.9. The van der Waals surface area contributed by atoms with Gasteiger partial charge in [-0.3, -0.25) is 14.9 Å². The molecule has 0 aliphatic carbocycles. The van der Waals surface area contributed by atoms with Crippen molar-refractivity contribution in [3.8, 4) is 11.1 Å². The van der Waals surface area contributed by atoms with Gasteiger partial charge in [0, 0.05) is 6.54 Å². The number of nitrogens with one attached hydrogen (secondary N) is 2. The monoisotopic (exact) mass is 441 g/mol. The largest absolute Gasteiger partial charge is 0.338 e. The van der Waals surface area contributed by atoms with E-state index in [4.69, 9.17) is 5.73 Å². The van der Waals surface area contributed by atoms with Crippen molar-refractivity contribution in [1.82, 2.24) is 25.5 Å². The number of rotatable bonds is 6. The van der Waals surface area contributed by atoms with Crippen molar-refractivity contribution in [2.45, 2.75) is 24.6 Å². The van der Waals surface area contributed by atoms with Crippen molar-refractivity contribution < 1.29 is 18.4 Å². The van der Waals surface area contributed by atoms with E-state index in [0.717, 1.165) is 11.1 Å². The van der Waals surface area contributed by atoms with Gasteiger partial charge in [-0.2, -0.15) is 5.21 Å². The summed E-state index contributed by atoms with van der Waals surface area (Å²) in [5, 5.41) is 15.5. The van der Waals surface area contributed by atoms with Gasteiger partial charge in [0.2, 0.25) is 11.8 Å². The van der Waals surface area contributed by atoms with Gasteiger partial charge in [-0.1, -0.05) is 41.5 Å². The number of halogens is 2. The molecule has 1 fully saturated rings. The maximum absolute atomic E-state index is 13.6. The molecule has 3 atom stereocenters. The minimum absolute atomic E-state index is 0.0464. The van der Waals surface area contributed by atoms with Gasteiger partial charge in [0.25, 0.3) is 5.95 Å². The predicted molar refractivity (Wildman–Crippen MR) is 111 cm³/mol. The van der Waals surface area contributed by atoms with Gasteiger partial charge in [0.05, 0.1) is 12.5 Å². The van der Waals surface area contributed by atoms with Crippen LogP contribution in [0.25, 0.3) is 11.1 Å². The molecule has 3 aromatic rings. The van der Waals surface area contributed by atoms with Gasteiger partial charge in [0.1, 0.15) is 18.0 Å². The highest BCUT2D eigenvalue weighted by Gasteiger charge is 2.37. The van der Waals surface area contributed by atoms with Crippen LogP contribution < -0.4 is 11.1 Å². The molecule has 2 amide bonds. The molecule has 1 aromatic heterocycles. The number of carbonyl (C=O) groups is 2. The van der Waals surface area contributed by atoms with Crippen LogP contribution in [0, 0.1) is 5.82 Å². The number of aromatic nitrogens is 4. The smallest absolute Gasteiger partial charge is 0.269 e. The van der Waals surface area contributed by atoms with Crippen LogP contribution in [0.2, 0.25) is 0 Å². The molecule has 0 spiro atoms. The Kier molecular flexibility index (Phi) is 6.17. The number of carbonyl (C=O) groups excluding carboxylic acids is 2. The number of likely N-dealkylation sites (tertiary alicyclic amines) is 1. The summed E-state index contributed by atoms with van der Waals surface area (Å²) in [5.74, 6) is -2.60. The summed E-state index contributed by atoms with van der Waals surface area (Å²) in [6, 6.07) is 11.6. The Hall–Kier alpha value is -3.73. The molecule has 4 rings (SSSR count). The molecule has 11 heteroatoms. The van der Waals surface area contributed by atoms with Crippen LogP contribution in [0.15, 0.2) is 48.5 Å². The fourth-order valence-electron chi connectivity index (χ4n) is 3.72. The second-order valence-corrected chi connectivity index (χ2v) is 7.53. The van der Waals surface area contributed by atoms with Crippen molar-refractivity contribution in [1.29, 1.82) is 0 Å². The number of hydrogen-bond donors (Lipinski definition) is 3.